The molecule has 0 bridgehead atoms. The van der Waals surface area contributed by atoms with Gasteiger partial charge in [0.25, 0.3) is 10.0 Å². The normalized spacial score (nSPS) is 11.2. The molecule has 0 saturated heterocycles. The summed E-state index contributed by atoms with van der Waals surface area (Å²) < 4.78 is 26.7. The van der Waals surface area contributed by atoms with Crippen LogP contribution in [0.3, 0.4) is 0 Å². The van der Waals surface area contributed by atoms with E-state index < -0.39 is 16.0 Å². The zero-order valence-electron chi connectivity index (χ0n) is 9.29. The van der Waals surface area contributed by atoms with Crippen molar-refractivity contribution in [3.05, 3.63) is 39.7 Å². The molecule has 0 radical (unpaired) electrons. The zero-order chi connectivity index (χ0) is 14.0. The molecule has 0 amide bonds. The van der Waals surface area contributed by atoms with Crippen molar-refractivity contribution in [1.29, 1.82) is 0 Å². The van der Waals surface area contributed by atoms with Crippen LogP contribution in [0.1, 0.15) is 10.4 Å². The molecule has 0 spiro atoms. The molecule has 0 aliphatic heterocycles. The number of rotatable bonds is 4. The van der Waals surface area contributed by atoms with Crippen molar-refractivity contribution in [2.75, 3.05) is 4.72 Å². The molecule has 0 unspecified atom stereocenters. The molecule has 1 heterocycles. The number of halogens is 1. The minimum absolute atomic E-state index is 0.0652. The van der Waals surface area contributed by atoms with Gasteiger partial charge in [-0.3, -0.25) is 0 Å². The molecule has 19 heavy (non-hydrogen) atoms. The second-order valence-corrected chi connectivity index (χ2v) is 6.33. The van der Waals surface area contributed by atoms with Crippen molar-refractivity contribution in [2.24, 2.45) is 0 Å². The molecule has 0 aliphatic rings. The van der Waals surface area contributed by atoms with Crippen molar-refractivity contribution >= 4 is 44.5 Å². The number of hydrogen-bond donors (Lipinski definition) is 3. The van der Waals surface area contributed by atoms with Crippen LogP contribution in [0, 0.1) is 3.57 Å². The second-order valence-electron chi connectivity index (χ2n) is 3.49. The maximum atomic E-state index is 12.0. The molecule has 0 atom stereocenters. The number of aromatic nitrogens is 2. The highest BCUT2D eigenvalue weighted by molar-refractivity contribution is 14.1. The minimum Gasteiger partial charge on any atom is -0.478 e. The largest absolute Gasteiger partial charge is 0.478 e. The Kier molecular flexibility index (Phi) is 3.75. The van der Waals surface area contributed by atoms with Crippen LogP contribution in [-0.4, -0.2) is 29.5 Å². The Hall–Kier alpha value is -1.62. The monoisotopic (exact) mass is 393 g/mol. The van der Waals surface area contributed by atoms with E-state index in [4.69, 9.17) is 5.11 Å². The van der Waals surface area contributed by atoms with Gasteiger partial charge in [-0.25, -0.2) is 22.9 Å². The number of anilines is 1. The number of sulfonamides is 1. The number of hydrogen-bond acceptors (Lipinski definition) is 4. The standard InChI is InChI=1S/C10H8IN3O4S/c11-8-2-1-6(5-7(8)9(15)16)19(17,18)14-10-12-3-4-13-10/h1-5H,(H,15,16)(H2,12,13,14). The van der Waals surface area contributed by atoms with Gasteiger partial charge >= 0.3 is 5.97 Å². The third-order valence-electron chi connectivity index (χ3n) is 2.21. The molecule has 2 rings (SSSR count). The third kappa shape index (κ3) is 3.04. The summed E-state index contributed by atoms with van der Waals surface area (Å²) in [6, 6.07) is 3.87. The van der Waals surface area contributed by atoms with E-state index in [1.54, 1.807) is 0 Å². The number of H-pyrrole nitrogens is 1. The number of nitrogens with zero attached hydrogens (tertiary/aromatic N) is 1. The predicted octanol–water partition coefficient (Wildman–Crippen LogP) is 1.51. The van der Waals surface area contributed by atoms with Gasteiger partial charge in [-0.05, 0) is 40.8 Å². The average molecular weight is 393 g/mol. The first-order chi connectivity index (χ1) is 8.90. The Morgan fingerprint density at radius 3 is 2.74 bits per heavy atom. The molecular formula is C10H8IN3O4S. The number of aromatic amines is 1. The topological polar surface area (TPSA) is 112 Å². The highest BCUT2D eigenvalue weighted by Gasteiger charge is 2.19. The Morgan fingerprint density at radius 1 is 1.42 bits per heavy atom. The summed E-state index contributed by atoms with van der Waals surface area (Å²) in [7, 11) is -3.87. The summed E-state index contributed by atoms with van der Waals surface area (Å²) in [6.45, 7) is 0. The van der Waals surface area contributed by atoms with Crippen LogP contribution < -0.4 is 4.72 Å². The van der Waals surface area contributed by atoms with Crippen molar-refractivity contribution in [1.82, 2.24) is 9.97 Å². The van der Waals surface area contributed by atoms with Gasteiger partial charge in [-0.1, -0.05) is 0 Å². The highest BCUT2D eigenvalue weighted by Crippen LogP contribution is 2.19. The lowest BCUT2D eigenvalue weighted by atomic mass is 10.2. The fourth-order valence-corrected chi connectivity index (χ4v) is 2.91. The van der Waals surface area contributed by atoms with Crippen LogP contribution >= 0.6 is 22.6 Å². The summed E-state index contributed by atoms with van der Waals surface area (Å²) in [5.41, 5.74) is -0.0667. The van der Waals surface area contributed by atoms with Gasteiger partial charge in [0.2, 0.25) is 5.95 Å². The Morgan fingerprint density at radius 2 is 2.16 bits per heavy atom. The number of carboxylic acid groups (broad SMARTS) is 1. The molecule has 2 aromatic rings. The van der Waals surface area contributed by atoms with Gasteiger partial charge < -0.3 is 10.1 Å². The number of carboxylic acids is 1. The van der Waals surface area contributed by atoms with E-state index in [0.29, 0.717) is 3.57 Å². The van der Waals surface area contributed by atoms with E-state index >= 15 is 0 Å². The van der Waals surface area contributed by atoms with Crippen LogP contribution in [-0.2, 0) is 10.0 Å². The summed E-state index contributed by atoms with van der Waals surface area (Å²) in [6.07, 6.45) is 2.86. The number of nitrogens with one attached hydrogen (secondary N) is 2. The van der Waals surface area contributed by atoms with Crippen molar-refractivity contribution in [2.45, 2.75) is 4.90 Å². The first kappa shape index (κ1) is 13.8. The van der Waals surface area contributed by atoms with Crippen LogP contribution in [0.15, 0.2) is 35.5 Å². The van der Waals surface area contributed by atoms with Gasteiger partial charge in [-0.2, -0.15) is 0 Å². The lowest BCUT2D eigenvalue weighted by Gasteiger charge is -2.07. The zero-order valence-corrected chi connectivity index (χ0v) is 12.3. The minimum atomic E-state index is -3.87. The summed E-state index contributed by atoms with van der Waals surface area (Å²) in [4.78, 5) is 17.2. The van der Waals surface area contributed by atoms with Crippen LogP contribution in [0.4, 0.5) is 5.95 Å². The second kappa shape index (κ2) is 5.17. The fourth-order valence-electron chi connectivity index (χ4n) is 1.34. The van der Waals surface area contributed by atoms with E-state index in [-0.39, 0.29) is 16.4 Å². The third-order valence-corrected chi connectivity index (χ3v) is 4.49. The first-order valence-electron chi connectivity index (χ1n) is 4.95. The van der Waals surface area contributed by atoms with Crippen LogP contribution in [0.5, 0.6) is 0 Å². The average Bonchev–Trinajstić information content (AvgIpc) is 2.80. The van der Waals surface area contributed by atoms with Gasteiger partial charge in [0.1, 0.15) is 0 Å². The molecule has 9 heteroatoms. The Balaban J connectivity index is 2.41. The van der Waals surface area contributed by atoms with E-state index in [2.05, 4.69) is 14.7 Å². The van der Waals surface area contributed by atoms with E-state index in [1.807, 2.05) is 22.6 Å². The molecule has 0 fully saturated rings. The molecule has 3 N–H and O–H groups in total. The van der Waals surface area contributed by atoms with Gasteiger partial charge in [-0.15, -0.1) is 0 Å². The highest BCUT2D eigenvalue weighted by atomic mass is 127. The number of carbonyl (C=O) groups is 1. The van der Waals surface area contributed by atoms with Crippen LogP contribution in [0.25, 0.3) is 0 Å². The number of imidazole rings is 1. The summed E-state index contributed by atoms with van der Waals surface area (Å²) >= 11 is 1.83. The fraction of sp³-hybridized carbons (Fsp3) is 0. The number of aromatic carboxylic acids is 1. The van der Waals surface area contributed by atoms with Gasteiger partial charge in [0, 0.05) is 16.0 Å². The van der Waals surface area contributed by atoms with Gasteiger partial charge in [0.15, 0.2) is 0 Å². The first-order valence-corrected chi connectivity index (χ1v) is 7.51. The predicted molar refractivity (Wildman–Crippen MR) is 75.5 cm³/mol. The van der Waals surface area contributed by atoms with Crippen LogP contribution in [0.2, 0.25) is 0 Å². The molecule has 100 valence electrons. The SMILES string of the molecule is O=C(O)c1cc(S(=O)(=O)Nc2ncc[nH]2)ccc1I. The maximum absolute atomic E-state index is 12.0. The lowest BCUT2D eigenvalue weighted by molar-refractivity contribution is 0.0695. The van der Waals surface area contributed by atoms with E-state index in [0.717, 1.165) is 6.07 Å². The summed E-state index contributed by atoms with van der Waals surface area (Å²) in [5, 5.41) is 8.97. The van der Waals surface area contributed by atoms with Crippen molar-refractivity contribution in [3.8, 4) is 0 Å². The van der Waals surface area contributed by atoms with Crippen molar-refractivity contribution in [3.63, 3.8) is 0 Å². The lowest BCUT2D eigenvalue weighted by Crippen LogP contribution is -2.15. The summed E-state index contributed by atoms with van der Waals surface area (Å²) in [5.74, 6) is -1.12. The quantitative estimate of drug-likeness (QED) is 0.682. The molecule has 1 aromatic carbocycles. The van der Waals surface area contributed by atoms with Crippen molar-refractivity contribution < 1.29 is 18.3 Å². The molecule has 0 aliphatic carbocycles. The maximum Gasteiger partial charge on any atom is 0.336 e. The van der Waals surface area contributed by atoms with E-state index in [1.165, 1.54) is 24.5 Å². The molecular weight excluding hydrogens is 385 g/mol. The number of benzene rings is 1. The Bertz CT molecular complexity index is 712. The molecule has 0 saturated carbocycles. The smallest absolute Gasteiger partial charge is 0.336 e. The molecule has 1 aromatic heterocycles. The van der Waals surface area contributed by atoms with E-state index in [9.17, 15) is 13.2 Å². The van der Waals surface area contributed by atoms with Gasteiger partial charge in [0.05, 0.1) is 10.5 Å². The molecule has 7 nitrogen and oxygen atoms in total. The Labute approximate surface area is 122 Å².